The highest BCUT2D eigenvalue weighted by Gasteiger charge is 2.47. The maximum absolute atomic E-state index is 13.5. The van der Waals surface area contributed by atoms with Gasteiger partial charge in [-0.25, -0.2) is 16.8 Å². The summed E-state index contributed by atoms with van der Waals surface area (Å²) in [6, 6.07) is 4.25. The van der Waals surface area contributed by atoms with Crippen molar-refractivity contribution in [2.24, 2.45) is 0 Å². The van der Waals surface area contributed by atoms with Gasteiger partial charge in [-0.05, 0) is 38.5 Å². The smallest absolute Gasteiger partial charge is 0.187 e. The first-order chi connectivity index (χ1) is 14.0. The number of hydrogen-bond acceptors (Lipinski definition) is 8. The lowest BCUT2D eigenvalue weighted by atomic mass is 10.0. The van der Waals surface area contributed by atoms with E-state index in [0.717, 1.165) is 18.7 Å². The summed E-state index contributed by atoms with van der Waals surface area (Å²) in [5.41, 5.74) is 0.513. The topological polar surface area (TPSA) is 102 Å². The summed E-state index contributed by atoms with van der Waals surface area (Å²) in [6.45, 7) is 9.31. The van der Waals surface area contributed by atoms with E-state index in [2.05, 4.69) is 24.1 Å². The monoisotopic (exact) mass is 460 g/mol. The van der Waals surface area contributed by atoms with Crippen LogP contribution in [0.25, 0.3) is 0 Å². The molecule has 2 aliphatic heterocycles. The van der Waals surface area contributed by atoms with E-state index in [1.807, 2.05) is 0 Å². The van der Waals surface area contributed by atoms with Crippen molar-refractivity contribution in [3.63, 3.8) is 0 Å². The quantitative estimate of drug-likeness (QED) is 0.633. The van der Waals surface area contributed by atoms with E-state index in [1.165, 1.54) is 7.11 Å². The molecular formula is C20H32N2O6S2. The Balaban J connectivity index is 1.85. The molecule has 8 nitrogen and oxygen atoms in total. The predicted molar refractivity (Wildman–Crippen MR) is 116 cm³/mol. The molecule has 170 valence electrons. The van der Waals surface area contributed by atoms with Crippen LogP contribution in [0.15, 0.2) is 23.1 Å². The van der Waals surface area contributed by atoms with Crippen molar-refractivity contribution < 1.29 is 26.3 Å². The zero-order valence-corrected chi connectivity index (χ0v) is 19.7. The molecule has 2 saturated heterocycles. The molecule has 30 heavy (non-hydrogen) atoms. The van der Waals surface area contributed by atoms with Crippen molar-refractivity contribution in [2.45, 2.75) is 42.5 Å². The molecule has 0 amide bonds. The van der Waals surface area contributed by atoms with Gasteiger partial charge in [0.15, 0.2) is 19.7 Å². The molecule has 2 atom stereocenters. The molecule has 2 aliphatic rings. The minimum Gasteiger partial charge on any atom is -0.495 e. The second-order valence-electron chi connectivity index (χ2n) is 8.71. The molecule has 0 aliphatic carbocycles. The molecular weight excluding hydrogens is 428 g/mol. The Morgan fingerprint density at radius 3 is 2.53 bits per heavy atom. The van der Waals surface area contributed by atoms with Crippen molar-refractivity contribution in [2.75, 3.05) is 51.5 Å². The third-order valence-electron chi connectivity index (χ3n) is 5.99. The lowest BCUT2D eigenvalue weighted by molar-refractivity contribution is -0.0101. The maximum atomic E-state index is 13.5. The van der Waals surface area contributed by atoms with Crippen LogP contribution in [0.1, 0.15) is 19.4 Å². The summed E-state index contributed by atoms with van der Waals surface area (Å²) in [4.78, 5) is 2.33. The van der Waals surface area contributed by atoms with Crippen LogP contribution in [0.4, 0.5) is 0 Å². The summed E-state index contributed by atoms with van der Waals surface area (Å²) in [5, 5.41) is 2.21. The van der Waals surface area contributed by atoms with Gasteiger partial charge in [0.25, 0.3) is 0 Å². The highest BCUT2D eigenvalue weighted by molar-refractivity contribution is 7.96. The predicted octanol–water partition coefficient (Wildman–Crippen LogP) is 0.643. The SMILES string of the molecule is COc1ccc(C)cc1S(=O)(=O)[C@H]1CS(=O)(=O)C[C@@H]1NCC(C)(C)N1CCOCC1. The van der Waals surface area contributed by atoms with Crippen LogP contribution in [0.5, 0.6) is 5.75 Å². The minimum absolute atomic E-state index is 0.0475. The van der Waals surface area contributed by atoms with Crippen molar-refractivity contribution >= 4 is 19.7 Å². The summed E-state index contributed by atoms with van der Waals surface area (Å²) >= 11 is 0. The second kappa shape index (κ2) is 8.74. The molecule has 1 N–H and O–H groups in total. The summed E-state index contributed by atoms with van der Waals surface area (Å²) < 4.78 is 62.5. The molecule has 0 saturated carbocycles. The molecule has 0 aromatic heterocycles. The summed E-state index contributed by atoms with van der Waals surface area (Å²) in [6.07, 6.45) is 0. The average Bonchev–Trinajstić information content (AvgIpc) is 3.02. The number of morpholine rings is 1. The number of nitrogens with one attached hydrogen (secondary N) is 1. The average molecular weight is 461 g/mol. The largest absolute Gasteiger partial charge is 0.495 e. The van der Waals surface area contributed by atoms with Crippen molar-refractivity contribution in [3.8, 4) is 5.75 Å². The van der Waals surface area contributed by atoms with Crippen LogP contribution in [-0.4, -0.2) is 90.0 Å². The summed E-state index contributed by atoms with van der Waals surface area (Å²) in [5.74, 6) is -0.343. The molecule has 3 rings (SSSR count). The van der Waals surface area contributed by atoms with Gasteiger partial charge in [0.2, 0.25) is 0 Å². The lowest BCUT2D eigenvalue weighted by Gasteiger charge is -2.41. The number of benzene rings is 1. The summed E-state index contributed by atoms with van der Waals surface area (Å²) in [7, 11) is -5.98. The highest BCUT2D eigenvalue weighted by atomic mass is 32.2. The lowest BCUT2D eigenvalue weighted by Crippen LogP contribution is -2.57. The Bertz CT molecular complexity index is 969. The van der Waals surface area contributed by atoms with Gasteiger partial charge < -0.3 is 14.8 Å². The van der Waals surface area contributed by atoms with Gasteiger partial charge in [0.05, 0.1) is 37.1 Å². The van der Waals surface area contributed by atoms with E-state index < -0.39 is 31.0 Å². The number of sulfone groups is 2. The van der Waals surface area contributed by atoms with Crippen LogP contribution < -0.4 is 10.1 Å². The van der Waals surface area contributed by atoms with Crippen LogP contribution in [0.3, 0.4) is 0 Å². The minimum atomic E-state index is -3.92. The first-order valence-corrected chi connectivity index (χ1v) is 13.5. The first-order valence-electron chi connectivity index (χ1n) is 10.1. The van der Waals surface area contributed by atoms with Gasteiger partial charge in [-0.15, -0.1) is 0 Å². The Morgan fingerprint density at radius 2 is 1.90 bits per heavy atom. The third-order valence-corrected chi connectivity index (χ3v) is 10.2. The van der Waals surface area contributed by atoms with Crippen LogP contribution >= 0.6 is 0 Å². The van der Waals surface area contributed by atoms with Gasteiger partial charge in [-0.3, -0.25) is 4.90 Å². The molecule has 0 radical (unpaired) electrons. The number of rotatable bonds is 7. The normalized spacial score (nSPS) is 25.3. The maximum Gasteiger partial charge on any atom is 0.187 e. The van der Waals surface area contributed by atoms with E-state index in [0.29, 0.717) is 19.8 Å². The van der Waals surface area contributed by atoms with Crippen molar-refractivity contribution in [1.82, 2.24) is 10.2 Å². The van der Waals surface area contributed by atoms with E-state index in [-0.39, 0.29) is 27.7 Å². The fourth-order valence-electron chi connectivity index (χ4n) is 4.14. The Hall–Kier alpha value is -1.20. The fourth-order valence-corrected chi connectivity index (χ4v) is 9.10. The molecule has 2 heterocycles. The number of aryl methyl sites for hydroxylation is 1. The van der Waals surface area contributed by atoms with Gasteiger partial charge in [-0.1, -0.05) is 6.07 Å². The third kappa shape index (κ3) is 4.99. The fraction of sp³-hybridized carbons (Fsp3) is 0.700. The Labute approximate surface area is 179 Å². The molecule has 10 heteroatoms. The highest BCUT2D eigenvalue weighted by Crippen LogP contribution is 2.32. The van der Waals surface area contributed by atoms with Crippen LogP contribution in [0.2, 0.25) is 0 Å². The van der Waals surface area contributed by atoms with Gasteiger partial charge >= 0.3 is 0 Å². The van der Waals surface area contributed by atoms with Gasteiger partial charge in [-0.2, -0.15) is 0 Å². The molecule has 0 unspecified atom stereocenters. The van der Waals surface area contributed by atoms with Crippen LogP contribution in [-0.2, 0) is 24.4 Å². The standard InChI is InChI=1S/C20H32N2O6S2/c1-15-5-6-17(27-4)18(11-15)30(25,26)19-13-29(23,24)12-16(19)21-14-20(2,3)22-7-9-28-10-8-22/h5-6,11,16,19,21H,7-10,12-14H2,1-4H3/t16-,19-/m0/s1. The van der Waals surface area contributed by atoms with E-state index in [1.54, 1.807) is 25.1 Å². The number of ether oxygens (including phenoxy) is 2. The van der Waals surface area contributed by atoms with Crippen molar-refractivity contribution in [1.29, 1.82) is 0 Å². The van der Waals surface area contributed by atoms with Crippen LogP contribution in [0, 0.1) is 6.92 Å². The molecule has 2 fully saturated rings. The molecule has 1 aromatic rings. The van der Waals surface area contributed by atoms with E-state index >= 15 is 0 Å². The second-order valence-corrected chi connectivity index (χ2v) is 13.0. The Kier molecular flexibility index (Phi) is 6.83. The van der Waals surface area contributed by atoms with E-state index in [9.17, 15) is 16.8 Å². The molecule has 0 spiro atoms. The van der Waals surface area contributed by atoms with E-state index in [4.69, 9.17) is 9.47 Å². The number of methoxy groups -OCH3 is 1. The first kappa shape index (κ1) is 23.5. The van der Waals surface area contributed by atoms with Gasteiger partial charge in [0.1, 0.15) is 10.6 Å². The Morgan fingerprint density at radius 1 is 1.23 bits per heavy atom. The number of hydrogen-bond donors (Lipinski definition) is 1. The zero-order valence-electron chi connectivity index (χ0n) is 18.0. The van der Waals surface area contributed by atoms with Gasteiger partial charge in [0, 0.05) is 31.2 Å². The molecule has 1 aromatic carbocycles. The van der Waals surface area contributed by atoms with Crippen molar-refractivity contribution in [3.05, 3.63) is 23.8 Å². The molecule has 0 bridgehead atoms. The zero-order chi connectivity index (χ0) is 22.2. The number of nitrogens with zero attached hydrogens (tertiary/aromatic N) is 1.